The van der Waals surface area contributed by atoms with Crippen molar-refractivity contribution in [2.24, 2.45) is 0 Å². The van der Waals surface area contributed by atoms with E-state index < -0.39 is 12.0 Å². The summed E-state index contributed by atoms with van der Waals surface area (Å²) < 4.78 is 13.7. The standard InChI is InChI=1S/C15H13BrFNO2/c1-9-2-3-10(8-13(9)16)14(15(19)20)18-12-6-4-11(17)5-7-12/h2-8,14,18H,1H3,(H,19,20). The summed E-state index contributed by atoms with van der Waals surface area (Å²) in [6.45, 7) is 1.93. The van der Waals surface area contributed by atoms with E-state index in [1.54, 1.807) is 12.1 Å². The SMILES string of the molecule is Cc1ccc(C(Nc2ccc(F)cc2)C(=O)O)cc1Br. The molecular weight excluding hydrogens is 325 g/mol. The number of aliphatic carboxylic acids is 1. The van der Waals surface area contributed by atoms with Crippen LogP contribution >= 0.6 is 15.9 Å². The maximum absolute atomic E-state index is 12.9. The molecule has 1 atom stereocenters. The van der Waals surface area contributed by atoms with Crippen LogP contribution in [-0.2, 0) is 4.79 Å². The number of halogens is 2. The van der Waals surface area contributed by atoms with Crippen LogP contribution in [0.5, 0.6) is 0 Å². The largest absolute Gasteiger partial charge is 0.479 e. The predicted octanol–water partition coefficient (Wildman–Crippen LogP) is 4.13. The molecule has 5 heteroatoms. The maximum atomic E-state index is 12.9. The normalized spacial score (nSPS) is 11.9. The number of carboxylic acid groups (broad SMARTS) is 1. The molecule has 2 N–H and O–H groups in total. The molecule has 0 radical (unpaired) electrons. The van der Waals surface area contributed by atoms with Gasteiger partial charge < -0.3 is 10.4 Å². The molecule has 3 nitrogen and oxygen atoms in total. The molecule has 20 heavy (non-hydrogen) atoms. The first-order chi connectivity index (χ1) is 9.47. The maximum Gasteiger partial charge on any atom is 0.330 e. The fourth-order valence-corrected chi connectivity index (χ4v) is 2.19. The highest BCUT2D eigenvalue weighted by molar-refractivity contribution is 9.10. The molecule has 0 aliphatic carbocycles. The fraction of sp³-hybridized carbons (Fsp3) is 0.133. The minimum Gasteiger partial charge on any atom is -0.479 e. The van der Waals surface area contributed by atoms with E-state index in [4.69, 9.17) is 0 Å². The third kappa shape index (κ3) is 3.36. The van der Waals surface area contributed by atoms with Crippen LogP contribution in [0.25, 0.3) is 0 Å². The van der Waals surface area contributed by atoms with E-state index in [2.05, 4.69) is 21.2 Å². The summed E-state index contributed by atoms with van der Waals surface area (Å²) in [5, 5.41) is 12.2. The van der Waals surface area contributed by atoms with E-state index in [1.165, 1.54) is 24.3 Å². The van der Waals surface area contributed by atoms with E-state index >= 15 is 0 Å². The van der Waals surface area contributed by atoms with Gasteiger partial charge in [0.25, 0.3) is 0 Å². The van der Waals surface area contributed by atoms with Crippen molar-refractivity contribution >= 4 is 27.6 Å². The molecule has 0 bridgehead atoms. The van der Waals surface area contributed by atoms with E-state index in [0.717, 1.165) is 10.0 Å². The van der Waals surface area contributed by atoms with Crippen LogP contribution in [0.3, 0.4) is 0 Å². The zero-order chi connectivity index (χ0) is 14.7. The number of hydrogen-bond donors (Lipinski definition) is 2. The van der Waals surface area contributed by atoms with Gasteiger partial charge in [-0.25, -0.2) is 9.18 Å². The highest BCUT2D eigenvalue weighted by Crippen LogP contribution is 2.25. The molecule has 1 unspecified atom stereocenters. The van der Waals surface area contributed by atoms with Crippen LogP contribution in [0.1, 0.15) is 17.2 Å². The summed E-state index contributed by atoms with van der Waals surface area (Å²) in [5.41, 5.74) is 2.20. The van der Waals surface area contributed by atoms with Gasteiger partial charge in [-0.2, -0.15) is 0 Å². The lowest BCUT2D eigenvalue weighted by Crippen LogP contribution is -2.20. The number of anilines is 1. The van der Waals surface area contributed by atoms with Gasteiger partial charge >= 0.3 is 5.97 Å². The predicted molar refractivity (Wildman–Crippen MR) is 79.3 cm³/mol. The van der Waals surface area contributed by atoms with Gasteiger partial charge in [-0.15, -0.1) is 0 Å². The first kappa shape index (κ1) is 14.5. The lowest BCUT2D eigenvalue weighted by molar-refractivity contribution is -0.138. The Labute approximate surface area is 124 Å². The highest BCUT2D eigenvalue weighted by atomic mass is 79.9. The van der Waals surface area contributed by atoms with Gasteiger partial charge in [0.05, 0.1) is 0 Å². The topological polar surface area (TPSA) is 49.3 Å². The molecule has 0 fully saturated rings. The van der Waals surface area contributed by atoms with Crippen molar-refractivity contribution in [2.75, 3.05) is 5.32 Å². The minimum absolute atomic E-state index is 0.361. The van der Waals surface area contributed by atoms with Crippen LogP contribution in [0.2, 0.25) is 0 Å². The Morgan fingerprint density at radius 3 is 2.45 bits per heavy atom. The third-order valence-corrected chi connectivity index (χ3v) is 3.79. The van der Waals surface area contributed by atoms with Crippen molar-refractivity contribution in [3.63, 3.8) is 0 Å². The van der Waals surface area contributed by atoms with Crippen molar-refractivity contribution in [2.45, 2.75) is 13.0 Å². The molecule has 0 aliphatic rings. The van der Waals surface area contributed by atoms with Gasteiger partial charge in [0.2, 0.25) is 0 Å². The van der Waals surface area contributed by atoms with E-state index in [9.17, 15) is 14.3 Å². The molecule has 0 aromatic heterocycles. The fourth-order valence-electron chi connectivity index (χ4n) is 1.79. The van der Waals surface area contributed by atoms with Crippen molar-refractivity contribution < 1.29 is 14.3 Å². The number of benzene rings is 2. The molecule has 104 valence electrons. The summed E-state index contributed by atoms with van der Waals surface area (Å²) >= 11 is 3.39. The molecule has 2 rings (SSSR count). The number of aryl methyl sites for hydroxylation is 1. The summed E-state index contributed by atoms with van der Waals surface area (Å²) in [7, 11) is 0. The third-order valence-electron chi connectivity index (χ3n) is 2.93. The molecule has 0 saturated heterocycles. The van der Waals surface area contributed by atoms with Crippen LogP contribution in [0, 0.1) is 12.7 Å². The summed E-state index contributed by atoms with van der Waals surface area (Å²) in [6.07, 6.45) is 0. The second-order valence-electron chi connectivity index (χ2n) is 4.43. The quantitative estimate of drug-likeness (QED) is 0.881. The van der Waals surface area contributed by atoms with Gasteiger partial charge in [-0.05, 0) is 48.4 Å². The lowest BCUT2D eigenvalue weighted by Gasteiger charge is -2.17. The van der Waals surface area contributed by atoms with Crippen molar-refractivity contribution in [1.82, 2.24) is 0 Å². The van der Waals surface area contributed by atoms with E-state index in [0.29, 0.717) is 11.3 Å². The zero-order valence-electron chi connectivity index (χ0n) is 10.7. The molecule has 0 saturated carbocycles. The Kier molecular flexibility index (Phi) is 4.39. The van der Waals surface area contributed by atoms with Gasteiger partial charge in [0, 0.05) is 10.2 Å². The Bertz CT molecular complexity index is 628. The van der Waals surface area contributed by atoms with Gasteiger partial charge in [-0.1, -0.05) is 28.1 Å². The Balaban J connectivity index is 2.29. The van der Waals surface area contributed by atoms with Gasteiger partial charge in [0.15, 0.2) is 6.04 Å². The average molecular weight is 338 g/mol. The lowest BCUT2D eigenvalue weighted by atomic mass is 10.0. The first-order valence-corrected chi connectivity index (χ1v) is 6.77. The monoisotopic (exact) mass is 337 g/mol. The summed E-state index contributed by atoms with van der Waals surface area (Å²) in [5.74, 6) is -1.36. The second kappa shape index (κ2) is 6.05. The molecule has 0 heterocycles. The number of carbonyl (C=O) groups is 1. The van der Waals surface area contributed by atoms with Crippen molar-refractivity contribution in [3.8, 4) is 0 Å². The molecule has 2 aromatic carbocycles. The summed E-state index contributed by atoms with van der Waals surface area (Å²) in [4.78, 5) is 11.4. The smallest absolute Gasteiger partial charge is 0.330 e. The van der Waals surface area contributed by atoms with Crippen LogP contribution < -0.4 is 5.32 Å². The Morgan fingerprint density at radius 1 is 1.25 bits per heavy atom. The van der Waals surface area contributed by atoms with Crippen LogP contribution in [0.4, 0.5) is 10.1 Å². The van der Waals surface area contributed by atoms with E-state index in [-0.39, 0.29) is 5.82 Å². The van der Waals surface area contributed by atoms with E-state index in [1.807, 2.05) is 13.0 Å². The van der Waals surface area contributed by atoms with Crippen molar-refractivity contribution in [1.29, 1.82) is 0 Å². The number of hydrogen-bond acceptors (Lipinski definition) is 2. The average Bonchev–Trinajstić information content (AvgIpc) is 2.41. The Hall–Kier alpha value is -1.88. The molecule has 0 amide bonds. The number of nitrogens with one attached hydrogen (secondary N) is 1. The van der Waals surface area contributed by atoms with Gasteiger partial charge in [0.1, 0.15) is 5.82 Å². The Morgan fingerprint density at radius 2 is 1.90 bits per heavy atom. The van der Waals surface area contributed by atoms with Crippen LogP contribution in [-0.4, -0.2) is 11.1 Å². The minimum atomic E-state index is -0.995. The molecular formula is C15H13BrFNO2. The number of rotatable bonds is 4. The van der Waals surface area contributed by atoms with Crippen LogP contribution in [0.15, 0.2) is 46.9 Å². The zero-order valence-corrected chi connectivity index (χ0v) is 12.3. The number of carboxylic acids is 1. The van der Waals surface area contributed by atoms with Crippen molar-refractivity contribution in [3.05, 3.63) is 63.9 Å². The highest BCUT2D eigenvalue weighted by Gasteiger charge is 2.20. The summed E-state index contributed by atoms with van der Waals surface area (Å²) in [6, 6.07) is 10.1. The molecule has 2 aromatic rings. The van der Waals surface area contributed by atoms with Gasteiger partial charge in [-0.3, -0.25) is 0 Å². The second-order valence-corrected chi connectivity index (χ2v) is 5.29. The molecule has 0 aliphatic heterocycles. The molecule has 0 spiro atoms. The first-order valence-electron chi connectivity index (χ1n) is 5.98.